The maximum Gasteiger partial charge on any atom is 0.0927 e. The van der Waals surface area contributed by atoms with E-state index >= 15 is 0 Å². The average Bonchev–Trinajstić information content (AvgIpc) is 2.35. The van der Waals surface area contributed by atoms with Gasteiger partial charge in [-0.2, -0.15) is 0 Å². The van der Waals surface area contributed by atoms with E-state index in [0.29, 0.717) is 5.02 Å². The number of halogens is 2. The first-order chi connectivity index (χ1) is 8.58. The van der Waals surface area contributed by atoms with Gasteiger partial charge < -0.3 is 5.32 Å². The highest BCUT2D eigenvalue weighted by molar-refractivity contribution is 6.41. The molecule has 0 aliphatic carbocycles. The van der Waals surface area contributed by atoms with E-state index in [2.05, 4.69) is 24.1 Å². The number of aryl methyl sites for hydroxylation is 2. The molecule has 0 aliphatic rings. The second kappa shape index (κ2) is 5.33. The van der Waals surface area contributed by atoms with Gasteiger partial charge in [0.2, 0.25) is 0 Å². The number of benzene rings is 1. The first-order valence-electron chi connectivity index (χ1n) is 6.10. The van der Waals surface area contributed by atoms with E-state index in [4.69, 9.17) is 23.2 Å². The van der Waals surface area contributed by atoms with E-state index < -0.39 is 0 Å². The normalized spacial score (nSPS) is 10.9. The van der Waals surface area contributed by atoms with Gasteiger partial charge in [-0.1, -0.05) is 30.1 Å². The van der Waals surface area contributed by atoms with E-state index in [1.54, 1.807) is 0 Å². The van der Waals surface area contributed by atoms with Crippen LogP contribution in [-0.4, -0.2) is 11.5 Å². The Hall–Kier alpha value is -0.990. The Bertz CT molecular complexity index is 594. The molecule has 0 aliphatic heterocycles. The monoisotopic (exact) mass is 282 g/mol. The number of nitrogens with zero attached hydrogens (tertiary/aromatic N) is 1. The highest BCUT2D eigenvalue weighted by Crippen LogP contribution is 2.36. The van der Waals surface area contributed by atoms with Crippen LogP contribution in [0.1, 0.15) is 25.1 Å². The SMILES string of the molecule is CCNc1cc(CC)nc2c(Cl)cc(C)c(Cl)c12. The molecule has 1 aromatic carbocycles. The summed E-state index contributed by atoms with van der Waals surface area (Å²) in [6, 6.07) is 3.92. The number of hydrogen-bond donors (Lipinski definition) is 1. The number of rotatable bonds is 3. The number of hydrogen-bond acceptors (Lipinski definition) is 2. The van der Waals surface area contributed by atoms with Crippen molar-refractivity contribution in [2.24, 2.45) is 0 Å². The summed E-state index contributed by atoms with van der Waals surface area (Å²) in [7, 11) is 0. The highest BCUT2D eigenvalue weighted by Gasteiger charge is 2.13. The fourth-order valence-electron chi connectivity index (χ4n) is 2.02. The zero-order valence-electron chi connectivity index (χ0n) is 10.8. The summed E-state index contributed by atoms with van der Waals surface area (Å²) in [5, 5.41) is 5.63. The largest absolute Gasteiger partial charge is 0.385 e. The molecule has 96 valence electrons. The summed E-state index contributed by atoms with van der Waals surface area (Å²) in [4.78, 5) is 4.58. The number of nitrogens with one attached hydrogen (secondary N) is 1. The zero-order valence-corrected chi connectivity index (χ0v) is 12.3. The maximum atomic E-state index is 6.40. The maximum absolute atomic E-state index is 6.40. The summed E-state index contributed by atoms with van der Waals surface area (Å²) in [5.74, 6) is 0. The minimum Gasteiger partial charge on any atom is -0.385 e. The molecular formula is C14H16Cl2N2. The van der Waals surface area contributed by atoms with E-state index in [1.165, 1.54) is 0 Å². The summed E-state index contributed by atoms with van der Waals surface area (Å²) >= 11 is 12.7. The third-order valence-corrected chi connectivity index (χ3v) is 3.71. The summed E-state index contributed by atoms with van der Waals surface area (Å²) in [5.41, 5.74) is 3.78. The van der Waals surface area contributed by atoms with Crippen LogP contribution in [0, 0.1) is 6.92 Å². The van der Waals surface area contributed by atoms with Crippen LogP contribution in [0.15, 0.2) is 12.1 Å². The number of pyridine rings is 1. The molecule has 1 aromatic heterocycles. The van der Waals surface area contributed by atoms with Crippen molar-refractivity contribution in [1.29, 1.82) is 0 Å². The Morgan fingerprint density at radius 1 is 1.22 bits per heavy atom. The number of aromatic nitrogens is 1. The predicted octanol–water partition coefficient (Wildman–Crippen LogP) is 4.84. The minimum absolute atomic E-state index is 0.654. The first kappa shape index (κ1) is 13.4. The molecule has 0 fully saturated rings. The van der Waals surface area contributed by atoms with Gasteiger partial charge in [0.25, 0.3) is 0 Å². The van der Waals surface area contributed by atoms with Crippen molar-refractivity contribution in [2.75, 3.05) is 11.9 Å². The average molecular weight is 283 g/mol. The van der Waals surface area contributed by atoms with E-state index in [1.807, 2.05) is 19.1 Å². The lowest BCUT2D eigenvalue weighted by molar-refractivity contribution is 1.05. The predicted molar refractivity (Wildman–Crippen MR) is 80.0 cm³/mol. The summed E-state index contributed by atoms with van der Waals surface area (Å²) in [6.45, 7) is 6.93. The Balaban J connectivity index is 2.86. The van der Waals surface area contributed by atoms with Gasteiger partial charge >= 0.3 is 0 Å². The molecule has 18 heavy (non-hydrogen) atoms. The molecule has 2 nitrogen and oxygen atoms in total. The number of anilines is 1. The van der Waals surface area contributed by atoms with Crippen LogP contribution in [0.2, 0.25) is 10.0 Å². The minimum atomic E-state index is 0.654. The zero-order chi connectivity index (χ0) is 13.3. The Labute approximate surface area is 117 Å². The molecule has 2 aromatic rings. The van der Waals surface area contributed by atoms with Gasteiger partial charge in [-0.25, -0.2) is 0 Å². The van der Waals surface area contributed by atoms with Crippen molar-refractivity contribution < 1.29 is 0 Å². The van der Waals surface area contributed by atoms with E-state index in [0.717, 1.165) is 45.8 Å². The van der Waals surface area contributed by atoms with Gasteiger partial charge in [0.05, 0.1) is 15.6 Å². The van der Waals surface area contributed by atoms with Crippen molar-refractivity contribution in [3.8, 4) is 0 Å². The summed E-state index contributed by atoms with van der Waals surface area (Å²) < 4.78 is 0. The molecular weight excluding hydrogens is 267 g/mol. The smallest absolute Gasteiger partial charge is 0.0927 e. The quantitative estimate of drug-likeness (QED) is 0.871. The molecule has 0 saturated carbocycles. The first-order valence-corrected chi connectivity index (χ1v) is 6.86. The third-order valence-electron chi connectivity index (χ3n) is 2.94. The van der Waals surface area contributed by atoms with Gasteiger partial charge in [0.1, 0.15) is 0 Å². The molecule has 0 saturated heterocycles. The molecule has 1 N–H and O–H groups in total. The molecule has 0 amide bonds. The second-order valence-corrected chi connectivity index (χ2v) is 5.04. The number of fused-ring (bicyclic) bond motifs is 1. The lowest BCUT2D eigenvalue weighted by atomic mass is 10.1. The van der Waals surface area contributed by atoms with Crippen LogP contribution in [0.25, 0.3) is 10.9 Å². The van der Waals surface area contributed by atoms with Crippen LogP contribution < -0.4 is 5.32 Å². The van der Waals surface area contributed by atoms with Gasteiger partial charge in [-0.05, 0) is 38.0 Å². The standard InChI is InChI=1S/C14H16Cl2N2/c1-4-9-7-11(17-5-2)12-13(16)8(3)6-10(15)14(12)18-9/h6-7H,4-5H2,1-3H3,(H,17,18). The lowest BCUT2D eigenvalue weighted by Crippen LogP contribution is -2.01. The molecule has 4 heteroatoms. The van der Waals surface area contributed by atoms with Crippen molar-refractivity contribution in [3.05, 3.63) is 33.4 Å². The van der Waals surface area contributed by atoms with Gasteiger partial charge in [0, 0.05) is 23.3 Å². The topological polar surface area (TPSA) is 24.9 Å². The van der Waals surface area contributed by atoms with Crippen LogP contribution in [0.4, 0.5) is 5.69 Å². The lowest BCUT2D eigenvalue weighted by Gasteiger charge is -2.13. The van der Waals surface area contributed by atoms with Gasteiger partial charge in [-0.3, -0.25) is 4.98 Å². The molecule has 0 unspecified atom stereocenters. The highest BCUT2D eigenvalue weighted by atomic mass is 35.5. The van der Waals surface area contributed by atoms with Crippen molar-refractivity contribution in [2.45, 2.75) is 27.2 Å². The Kier molecular flexibility index (Phi) is 3.98. The molecule has 2 rings (SSSR count). The fraction of sp³-hybridized carbons (Fsp3) is 0.357. The molecule has 0 atom stereocenters. The third kappa shape index (κ3) is 2.27. The van der Waals surface area contributed by atoms with Crippen LogP contribution in [0.3, 0.4) is 0 Å². The van der Waals surface area contributed by atoms with Crippen molar-refractivity contribution in [1.82, 2.24) is 4.98 Å². The fourth-order valence-corrected chi connectivity index (χ4v) is 2.57. The summed E-state index contributed by atoms with van der Waals surface area (Å²) in [6.07, 6.45) is 0.871. The van der Waals surface area contributed by atoms with E-state index in [-0.39, 0.29) is 0 Å². The van der Waals surface area contributed by atoms with Gasteiger partial charge in [0.15, 0.2) is 0 Å². The molecule has 0 spiro atoms. The van der Waals surface area contributed by atoms with Crippen LogP contribution in [-0.2, 0) is 6.42 Å². The molecule has 1 heterocycles. The van der Waals surface area contributed by atoms with Crippen LogP contribution in [0.5, 0.6) is 0 Å². The van der Waals surface area contributed by atoms with Gasteiger partial charge in [-0.15, -0.1) is 0 Å². The second-order valence-electron chi connectivity index (χ2n) is 4.26. The Morgan fingerprint density at radius 3 is 2.56 bits per heavy atom. The molecule has 0 radical (unpaired) electrons. The molecule has 0 bridgehead atoms. The van der Waals surface area contributed by atoms with Crippen molar-refractivity contribution in [3.63, 3.8) is 0 Å². The Morgan fingerprint density at radius 2 is 1.94 bits per heavy atom. The van der Waals surface area contributed by atoms with Crippen LogP contribution >= 0.6 is 23.2 Å². The van der Waals surface area contributed by atoms with E-state index in [9.17, 15) is 0 Å². The van der Waals surface area contributed by atoms with Crippen molar-refractivity contribution >= 4 is 39.8 Å².